The first-order valence-corrected chi connectivity index (χ1v) is 13.5. The molecule has 0 bridgehead atoms. The third-order valence-electron chi connectivity index (χ3n) is 5.48. The van der Waals surface area contributed by atoms with Gasteiger partial charge >= 0.3 is 0 Å². The Hall–Kier alpha value is -2.17. The average molecular weight is 542 g/mol. The molecule has 2 atom stereocenters. The number of hydrogen-bond donors (Lipinski definition) is 2. The fraction of sp³-hybridized carbons (Fsp3) is 0.417. The van der Waals surface area contributed by atoms with Crippen molar-refractivity contribution in [2.24, 2.45) is 5.92 Å². The lowest BCUT2D eigenvalue weighted by Gasteiger charge is -2.32. The number of nitrogens with zero attached hydrogens (tertiary/aromatic N) is 1. The van der Waals surface area contributed by atoms with Gasteiger partial charge < -0.3 is 15.4 Å². The van der Waals surface area contributed by atoms with E-state index in [0.29, 0.717) is 17.0 Å². The van der Waals surface area contributed by atoms with E-state index in [1.807, 2.05) is 19.9 Å². The van der Waals surface area contributed by atoms with Gasteiger partial charge in [0, 0.05) is 30.2 Å². The van der Waals surface area contributed by atoms with Crippen molar-refractivity contribution in [3.8, 4) is 0 Å². The van der Waals surface area contributed by atoms with Crippen LogP contribution in [-0.2, 0) is 19.6 Å². The van der Waals surface area contributed by atoms with Crippen LogP contribution in [0.4, 0.5) is 0 Å². The molecule has 0 spiro atoms. The second-order valence-electron chi connectivity index (χ2n) is 8.70. The number of amides is 2. The number of carbonyl (C=O) groups excluding carboxylic acids is 2. The van der Waals surface area contributed by atoms with E-state index in [9.17, 15) is 18.0 Å². The van der Waals surface area contributed by atoms with Gasteiger partial charge in [-0.15, -0.1) is 0 Å². The Morgan fingerprint density at radius 2 is 1.86 bits per heavy atom. The van der Waals surface area contributed by atoms with Crippen LogP contribution in [-0.4, -0.2) is 62.9 Å². The molecule has 190 valence electrons. The molecular formula is C24H29Cl2N3O5S. The minimum Gasteiger partial charge on any atom is -0.374 e. The standard InChI is InChI=1S/C24H29Cl2N3O5S/c1-16(2)12-21(28-23(30)17-6-4-3-5-7-17)24(31)27-14-19-15-29(10-11-34-19)35(32,33)22-9-8-18(25)13-20(22)26/h3-9,13,16,19,21H,10-12,14-15H2,1-2H3,(H,27,31)(H,28,30)/t19?,21-/m0/s1. The van der Waals surface area contributed by atoms with Crippen LogP contribution in [0.3, 0.4) is 0 Å². The molecule has 1 aliphatic heterocycles. The number of benzene rings is 2. The number of hydrogen-bond acceptors (Lipinski definition) is 5. The Balaban J connectivity index is 1.62. The molecule has 2 aromatic rings. The largest absolute Gasteiger partial charge is 0.374 e. The van der Waals surface area contributed by atoms with Gasteiger partial charge in [0.25, 0.3) is 5.91 Å². The highest BCUT2D eigenvalue weighted by atomic mass is 35.5. The van der Waals surface area contributed by atoms with Crippen LogP contribution < -0.4 is 10.6 Å². The van der Waals surface area contributed by atoms with Gasteiger partial charge in [-0.05, 0) is 42.7 Å². The first-order valence-electron chi connectivity index (χ1n) is 11.3. The van der Waals surface area contributed by atoms with Crippen molar-refractivity contribution in [3.05, 3.63) is 64.1 Å². The maximum absolute atomic E-state index is 13.1. The van der Waals surface area contributed by atoms with E-state index in [0.717, 1.165) is 0 Å². The number of morpholine rings is 1. The van der Waals surface area contributed by atoms with Crippen LogP contribution in [0.2, 0.25) is 10.0 Å². The molecular weight excluding hydrogens is 513 g/mol. The van der Waals surface area contributed by atoms with Gasteiger partial charge in [0.1, 0.15) is 10.9 Å². The van der Waals surface area contributed by atoms with Crippen molar-refractivity contribution < 1.29 is 22.7 Å². The zero-order chi connectivity index (χ0) is 25.6. The molecule has 35 heavy (non-hydrogen) atoms. The summed E-state index contributed by atoms with van der Waals surface area (Å²) in [6.45, 7) is 4.40. The fourth-order valence-corrected chi connectivity index (χ4v) is 5.93. The summed E-state index contributed by atoms with van der Waals surface area (Å²) in [4.78, 5) is 25.5. The second-order valence-corrected chi connectivity index (χ2v) is 11.4. The summed E-state index contributed by atoms with van der Waals surface area (Å²) < 4.78 is 33.2. The second kappa shape index (κ2) is 12.2. The molecule has 0 radical (unpaired) electrons. The highest BCUT2D eigenvalue weighted by Crippen LogP contribution is 2.28. The topological polar surface area (TPSA) is 105 Å². The number of nitrogens with one attached hydrogen (secondary N) is 2. The van der Waals surface area contributed by atoms with Crippen molar-refractivity contribution in [2.45, 2.75) is 37.3 Å². The molecule has 0 aliphatic carbocycles. The number of carbonyl (C=O) groups is 2. The smallest absolute Gasteiger partial charge is 0.251 e. The van der Waals surface area contributed by atoms with Crippen LogP contribution in [0, 0.1) is 5.92 Å². The third-order valence-corrected chi connectivity index (χ3v) is 8.07. The summed E-state index contributed by atoms with van der Waals surface area (Å²) in [6, 6.07) is 12.2. The van der Waals surface area contributed by atoms with Gasteiger partial charge in [-0.2, -0.15) is 4.31 Å². The summed E-state index contributed by atoms with van der Waals surface area (Å²) in [5, 5.41) is 5.98. The van der Waals surface area contributed by atoms with Gasteiger partial charge in [0.15, 0.2) is 0 Å². The van der Waals surface area contributed by atoms with Crippen LogP contribution in [0.5, 0.6) is 0 Å². The number of halogens is 2. The van der Waals surface area contributed by atoms with Crippen molar-refractivity contribution in [2.75, 3.05) is 26.2 Å². The SMILES string of the molecule is CC(C)C[C@H](NC(=O)c1ccccc1)C(=O)NCC1CN(S(=O)(=O)c2ccc(Cl)cc2Cl)CCO1. The maximum Gasteiger partial charge on any atom is 0.251 e. The van der Waals surface area contributed by atoms with Crippen molar-refractivity contribution in [3.63, 3.8) is 0 Å². The van der Waals surface area contributed by atoms with Gasteiger partial charge in [-0.3, -0.25) is 9.59 Å². The van der Waals surface area contributed by atoms with Crippen molar-refractivity contribution in [1.82, 2.24) is 14.9 Å². The zero-order valence-electron chi connectivity index (χ0n) is 19.5. The molecule has 2 aromatic carbocycles. The number of rotatable bonds is 9. The van der Waals surface area contributed by atoms with Crippen LogP contribution >= 0.6 is 23.2 Å². The normalized spacial score (nSPS) is 17.7. The average Bonchev–Trinajstić information content (AvgIpc) is 2.82. The Morgan fingerprint density at radius 3 is 2.51 bits per heavy atom. The lowest BCUT2D eigenvalue weighted by atomic mass is 10.0. The predicted octanol–water partition coefficient (Wildman–Crippen LogP) is 3.34. The van der Waals surface area contributed by atoms with Gasteiger partial charge in [-0.25, -0.2) is 8.42 Å². The molecule has 3 rings (SSSR count). The van der Waals surface area contributed by atoms with Crippen LogP contribution in [0.15, 0.2) is 53.4 Å². The summed E-state index contributed by atoms with van der Waals surface area (Å²) >= 11 is 12.0. The molecule has 0 aromatic heterocycles. The molecule has 1 heterocycles. The van der Waals surface area contributed by atoms with Crippen LogP contribution in [0.1, 0.15) is 30.6 Å². The van der Waals surface area contributed by atoms with Crippen LogP contribution in [0.25, 0.3) is 0 Å². The van der Waals surface area contributed by atoms with E-state index in [1.165, 1.54) is 22.5 Å². The molecule has 1 saturated heterocycles. The fourth-order valence-electron chi connectivity index (χ4n) is 3.73. The Kier molecular flexibility index (Phi) is 9.54. The monoisotopic (exact) mass is 541 g/mol. The maximum atomic E-state index is 13.1. The third kappa shape index (κ3) is 7.41. The Labute approximate surface area is 216 Å². The zero-order valence-corrected chi connectivity index (χ0v) is 21.9. The lowest BCUT2D eigenvalue weighted by molar-refractivity contribution is -0.124. The Morgan fingerprint density at radius 1 is 1.14 bits per heavy atom. The van der Waals surface area contributed by atoms with Crippen molar-refractivity contribution >= 4 is 45.0 Å². The molecule has 2 N–H and O–H groups in total. The summed E-state index contributed by atoms with van der Waals surface area (Å²) in [5.41, 5.74) is 0.464. The first-order chi connectivity index (χ1) is 16.6. The van der Waals surface area contributed by atoms with Gasteiger partial charge in [0.05, 0.1) is 17.7 Å². The number of ether oxygens (including phenoxy) is 1. The summed E-state index contributed by atoms with van der Waals surface area (Å²) in [6.07, 6.45) is -0.107. The Bertz CT molecular complexity index is 1150. The van der Waals surface area contributed by atoms with Gasteiger partial charge in [-0.1, -0.05) is 55.2 Å². The molecule has 11 heteroatoms. The first kappa shape index (κ1) is 27.4. The quantitative estimate of drug-likeness (QED) is 0.506. The van der Waals surface area contributed by atoms with Gasteiger partial charge in [0.2, 0.25) is 15.9 Å². The molecule has 1 unspecified atom stereocenters. The number of sulfonamides is 1. The predicted molar refractivity (Wildman–Crippen MR) is 135 cm³/mol. The molecule has 1 aliphatic rings. The minimum atomic E-state index is -3.87. The van der Waals surface area contributed by atoms with E-state index in [4.69, 9.17) is 27.9 Å². The summed E-state index contributed by atoms with van der Waals surface area (Å²) in [7, 11) is -3.87. The molecule has 1 fully saturated rings. The molecule has 8 nitrogen and oxygen atoms in total. The summed E-state index contributed by atoms with van der Waals surface area (Å²) in [5.74, 6) is -0.526. The van der Waals surface area contributed by atoms with E-state index < -0.39 is 22.2 Å². The lowest BCUT2D eigenvalue weighted by Crippen LogP contribution is -2.52. The van der Waals surface area contributed by atoms with E-state index >= 15 is 0 Å². The van der Waals surface area contributed by atoms with E-state index in [1.54, 1.807) is 24.3 Å². The van der Waals surface area contributed by atoms with E-state index in [2.05, 4.69) is 10.6 Å². The highest BCUT2D eigenvalue weighted by Gasteiger charge is 2.33. The minimum absolute atomic E-state index is 0.0334. The van der Waals surface area contributed by atoms with Crippen molar-refractivity contribution in [1.29, 1.82) is 0 Å². The highest BCUT2D eigenvalue weighted by molar-refractivity contribution is 7.89. The molecule has 2 amide bonds. The van der Waals surface area contributed by atoms with E-state index in [-0.39, 0.29) is 53.9 Å². The molecule has 0 saturated carbocycles.